The molecule has 0 rings (SSSR count). The summed E-state index contributed by atoms with van der Waals surface area (Å²) in [6.07, 6.45) is 2.85. The SMILES string of the molecule is C=CCC(=C)C(=O)OC.N=C=O. The van der Waals surface area contributed by atoms with Crippen molar-refractivity contribution in [3.63, 3.8) is 0 Å². The lowest BCUT2D eigenvalue weighted by Gasteiger charge is -1.96. The zero-order valence-electron chi connectivity index (χ0n) is 6.92. The van der Waals surface area contributed by atoms with Crippen LogP contribution in [0.3, 0.4) is 0 Å². The number of esters is 1. The minimum absolute atomic E-state index is 0.366. The summed E-state index contributed by atoms with van der Waals surface area (Å²) < 4.78 is 4.38. The van der Waals surface area contributed by atoms with Gasteiger partial charge in [-0.15, -0.1) is 6.58 Å². The lowest BCUT2D eigenvalue weighted by molar-refractivity contribution is -0.136. The first-order chi connectivity index (χ1) is 5.63. The molecule has 4 heteroatoms. The van der Waals surface area contributed by atoms with Gasteiger partial charge in [0.1, 0.15) is 0 Å². The summed E-state index contributed by atoms with van der Waals surface area (Å²) in [5, 5.41) is 5.40. The topological polar surface area (TPSA) is 67.2 Å². The Kier molecular flexibility index (Phi) is 10.1. The maximum absolute atomic E-state index is 10.5. The smallest absolute Gasteiger partial charge is 0.333 e. The van der Waals surface area contributed by atoms with Crippen molar-refractivity contribution in [1.29, 1.82) is 5.41 Å². The molecule has 0 aromatic rings. The summed E-state index contributed by atoms with van der Waals surface area (Å²) in [5.74, 6) is -0.366. The van der Waals surface area contributed by atoms with Crippen LogP contribution in [0.25, 0.3) is 0 Å². The molecule has 0 bridgehead atoms. The molecule has 0 aromatic carbocycles. The molecule has 0 unspecified atom stereocenters. The number of allylic oxidation sites excluding steroid dienone is 1. The van der Waals surface area contributed by atoms with Crippen LogP contribution in [0, 0.1) is 5.41 Å². The molecular weight excluding hydrogens is 158 g/mol. The molecule has 0 aliphatic heterocycles. The van der Waals surface area contributed by atoms with E-state index in [1.807, 2.05) is 0 Å². The summed E-state index contributed by atoms with van der Waals surface area (Å²) in [6.45, 7) is 6.92. The fraction of sp³-hybridized carbons (Fsp3) is 0.250. The molecule has 0 aliphatic carbocycles. The lowest BCUT2D eigenvalue weighted by atomic mass is 10.2. The summed E-state index contributed by atoms with van der Waals surface area (Å²) >= 11 is 0. The number of methoxy groups -OCH3 is 1. The van der Waals surface area contributed by atoms with Crippen molar-refractivity contribution >= 4 is 12.0 Å². The zero-order chi connectivity index (χ0) is 9.98. The molecule has 0 spiro atoms. The van der Waals surface area contributed by atoms with E-state index in [1.54, 1.807) is 6.08 Å². The first-order valence-electron chi connectivity index (χ1n) is 3.04. The van der Waals surface area contributed by atoms with Gasteiger partial charge < -0.3 is 4.74 Å². The largest absolute Gasteiger partial charge is 0.466 e. The molecule has 12 heavy (non-hydrogen) atoms. The highest BCUT2D eigenvalue weighted by molar-refractivity contribution is 5.87. The van der Waals surface area contributed by atoms with Crippen LogP contribution in [0.4, 0.5) is 0 Å². The number of hydrogen-bond donors (Lipinski definition) is 1. The number of rotatable bonds is 3. The summed E-state index contributed by atoms with van der Waals surface area (Å²) in [6, 6.07) is 0. The zero-order valence-corrected chi connectivity index (χ0v) is 6.92. The van der Waals surface area contributed by atoms with Gasteiger partial charge in [0.25, 0.3) is 0 Å². The molecule has 0 saturated heterocycles. The third kappa shape index (κ3) is 8.33. The van der Waals surface area contributed by atoms with Gasteiger partial charge in [-0.2, -0.15) is 0 Å². The fourth-order valence-corrected chi connectivity index (χ4v) is 0.402. The molecule has 0 heterocycles. The molecule has 0 amide bonds. The Balaban J connectivity index is 0. The Morgan fingerprint density at radius 1 is 1.75 bits per heavy atom. The maximum atomic E-state index is 10.5. The van der Waals surface area contributed by atoms with Crippen LogP contribution in [0.5, 0.6) is 0 Å². The van der Waals surface area contributed by atoms with Crippen molar-refractivity contribution in [2.75, 3.05) is 7.11 Å². The first-order valence-corrected chi connectivity index (χ1v) is 3.04. The van der Waals surface area contributed by atoms with Crippen LogP contribution in [0.2, 0.25) is 0 Å². The van der Waals surface area contributed by atoms with E-state index in [9.17, 15) is 4.79 Å². The third-order valence-electron chi connectivity index (χ3n) is 0.865. The summed E-state index contributed by atoms with van der Waals surface area (Å²) in [4.78, 5) is 18.9. The van der Waals surface area contributed by atoms with Crippen molar-refractivity contribution in [3.05, 3.63) is 24.8 Å². The normalized spacial score (nSPS) is 6.75. The van der Waals surface area contributed by atoms with Gasteiger partial charge in [0, 0.05) is 5.57 Å². The molecule has 1 N–H and O–H groups in total. The van der Waals surface area contributed by atoms with Gasteiger partial charge in [0.2, 0.25) is 6.08 Å². The van der Waals surface area contributed by atoms with Gasteiger partial charge >= 0.3 is 5.97 Å². The van der Waals surface area contributed by atoms with Crippen molar-refractivity contribution < 1.29 is 14.3 Å². The van der Waals surface area contributed by atoms with E-state index in [4.69, 9.17) is 10.2 Å². The Hall–Kier alpha value is -1.67. The van der Waals surface area contributed by atoms with Gasteiger partial charge in [-0.3, -0.25) is 0 Å². The van der Waals surface area contributed by atoms with Gasteiger partial charge in [-0.25, -0.2) is 15.0 Å². The van der Waals surface area contributed by atoms with Crippen LogP contribution in [-0.4, -0.2) is 19.2 Å². The second-order valence-electron chi connectivity index (χ2n) is 1.69. The van der Waals surface area contributed by atoms with Gasteiger partial charge in [0.05, 0.1) is 7.11 Å². The van der Waals surface area contributed by atoms with Crippen LogP contribution >= 0.6 is 0 Å². The Labute approximate surface area is 71.0 Å². The van der Waals surface area contributed by atoms with Crippen molar-refractivity contribution in [2.24, 2.45) is 0 Å². The van der Waals surface area contributed by atoms with Gasteiger partial charge in [-0.05, 0) is 6.42 Å². The summed E-state index contributed by atoms with van der Waals surface area (Å²) in [5.41, 5.74) is 0.438. The Morgan fingerprint density at radius 2 is 2.17 bits per heavy atom. The second-order valence-corrected chi connectivity index (χ2v) is 1.69. The minimum atomic E-state index is -0.366. The summed E-state index contributed by atoms with van der Waals surface area (Å²) in [7, 11) is 1.33. The Morgan fingerprint density at radius 3 is 2.42 bits per heavy atom. The highest BCUT2D eigenvalue weighted by atomic mass is 16.5. The van der Waals surface area contributed by atoms with Crippen molar-refractivity contribution in [1.82, 2.24) is 0 Å². The van der Waals surface area contributed by atoms with E-state index in [2.05, 4.69) is 17.9 Å². The number of hydrogen-bond acceptors (Lipinski definition) is 4. The van der Waals surface area contributed by atoms with E-state index in [0.717, 1.165) is 6.08 Å². The Bertz CT molecular complexity index is 202. The molecule has 66 valence electrons. The van der Waals surface area contributed by atoms with Crippen molar-refractivity contribution in [3.8, 4) is 0 Å². The first kappa shape index (κ1) is 13.0. The minimum Gasteiger partial charge on any atom is -0.466 e. The van der Waals surface area contributed by atoms with Gasteiger partial charge in [-0.1, -0.05) is 12.7 Å². The predicted molar refractivity (Wildman–Crippen MR) is 44.4 cm³/mol. The molecule has 0 aromatic heterocycles. The van der Waals surface area contributed by atoms with Crippen LogP contribution in [0.15, 0.2) is 24.8 Å². The molecule has 0 aliphatic rings. The molecule has 0 saturated carbocycles. The highest BCUT2D eigenvalue weighted by Crippen LogP contribution is 1.99. The number of ether oxygens (including phenoxy) is 1. The molecule has 0 fully saturated rings. The van der Waals surface area contributed by atoms with Crippen LogP contribution in [0.1, 0.15) is 6.42 Å². The number of carbonyl (C=O) groups excluding carboxylic acids is 2. The molecule has 0 atom stereocenters. The van der Waals surface area contributed by atoms with E-state index in [-0.39, 0.29) is 5.97 Å². The van der Waals surface area contributed by atoms with Crippen LogP contribution < -0.4 is 0 Å². The highest BCUT2D eigenvalue weighted by Gasteiger charge is 2.01. The fourth-order valence-electron chi connectivity index (χ4n) is 0.402. The average Bonchev–Trinajstić information content (AvgIpc) is 2.05. The van der Waals surface area contributed by atoms with E-state index in [0.29, 0.717) is 12.0 Å². The van der Waals surface area contributed by atoms with E-state index < -0.39 is 0 Å². The number of nitrogens with one attached hydrogen (secondary N) is 1. The molecular formula is C8H11NO3. The maximum Gasteiger partial charge on any atom is 0.333 e. The van der Waals surface area contributed by atoms with Crippen molar-refractivity contribution in [2.45, 2.75) is 6.42 Å². The number of isocyanates is 1. The second kappa shape index (κ2) is 9.33. The van der Waals surface area contributed by atoms with Gasteiger partial charge in [0.15, 0.2) is 0 Å². The van der Waals surface area contributed by atoms with E-state index >= 15 is 0 Å². The third-order valence-corrected chi connectivity index (χ3v) is 0.865. The van der Waals surface area contributed by atoms with E-state index in [1.165, 1.54) is 7.11 Å². The van der Waals surface area contributed by atoms with Crippen LogP contribution in [-0.2, 0) is 14.3 Å². The molecule has 0 radical (unpaired) electrons. The lowest BCUT2D eigenvalue weighted by Crippen LogP contribution is -2.01. The predicted octanol–water partition coefficient (Wildman–Crippen LogP) is 1.19. The monoisotopic (exact) mass is 169 g/mol. The quantitative estimate of drug-likeness (QED) is 0.227. The average molecular weight is 169 g/mol. The number of carbonyl (C=O) groups is 1. The standard InChI is InChI=1S/C7H10O2.CHNO/c1-4-5-6(2)7(8)9-3;2-1-3/h4H,1-2,5H2,3H3;2H. The molecule has 4 nitrogen and oxygen atoms in total.